The summed E-state index contributed by atoms with van der Waals surface area (Å²) < 4.78 is 0. The second-order valence-corrected chi connectivity index (χ2v) is 9.86. The van der Waals surface area contributed by atoms with E-state index in [2.05, 4.69) is 10.2 Å². The third kappa shape index (κ3) is 2.12. The van der Waals surface area contributed by atoms with Crippen LogP contribution in [0.25, 0.3) is 0 Å². The first-order valence-electron chi connectivity index (χ1n) is 11.1. The van der Waals surface area contributed by atoms with Gasteiger partial charge in [-0.15, -0.1) is 0 Å². The second-order valence-electron chi connectivity index (χ2n) is 9.45. The molecule has 164 valence electrons. The van der Waals surface area contributed by atoms with Crippen LogP contribution in [-0.2, 0) is 19.9 Å². The monoisotopic (exact) mass is 449 g/mol. The molecule has 6 nitrogen and oxygen atoms in total. The fourth-order valence-corrected chi connectivity index (χ4v) is 6.77. The number of halogens is 1. The van der Waals surface area contributed by atoms with Gasteiger partial charge in [0.1, 0.15) is 5.54 Å². The first-order chi connectivity index (χ1) is 15.3. The van der Waals surface area contributed by atoms with Crippen molar-refractivity contribution in [3.8, 4) is 0 Å². The van der Waals surface area contributed by atoms with Gasteiger partial charge in [0, 0.05) is 22.3 Å². The summed E-state index contributed by atoms with van der Waals surface area (Å²) in [6.45, 7) is 6.52. The molecule has 4 heterocycles. The number of nitrogens with zero attached hydrogens (tertiary/aromatic N) is 2. The topological polar surface area (TPSA) is 69.7 Å². The molecule has 32 heavy (non-hydrogen) atoms. The normalized spacial score (nSPS) is 30.8. The lowest BCUT2D eigenvalue weighted by Gasteiger charge is -2.37. The van der Waals surface area contributed by atoms with E-state index in [4.69, 9.17) is 11.6 Å². The lowest BCUT2D eigenvalue weighted by Crippen LogP contribution is -2.54. The Morgan fingerprint density at radius 1 is 1.03 bits per heavy atom. The molecule has 3 amide bonds. The standard InChI is InChI=1S/C25H24ClN3O3/c1-12-9-10-15-21(13(12)2)27-24(32)25(15)20-19(18-8-5-11-28(18)25)22(30)29(23(20)31)17-7-4-6-16(26)14(17)3/h4,6-7,9-10,18-20H,5,8,11H2,1-3H3,(H,27,32)/t18-,19-,20-,25+/m1/s1. The van der Waals surface area contributed by atoms with Crippen molar-refractivity contribution in [2.24, 2.45) is 11.8 Å². The second kappa shape index (κ2) is 6.42. The lowest BCUT2D eigenvalue weighted by molar-refractivity contribution is -0.135. The molecule has 2 aromatic carbocycles. The van der Waals surface area contributed by atoms with Crippen molar-refractivity contribution >= 4 is 40.7 Å². The highest BCUT2D eigenvalue weighted by Crippen LogP contribution is 2.61. The Morgan fingerprint density at radius 3 is 2.59 bits per heavy atom. The van der Waals surface area contributed by atoms with Gasteiger partial charge in [0.15, 0.2) is 0 Å². The third-order valence-corrected chi connectivity index (χ3v) is 8.59. The van der Waals surface area contributed by atoms with Crippen molar-refractivity contribution in [2.45, 2.75) is 45.2 Å². The Kier molecular flexibility index (Phi) is 4.00. The van der Waals surface area contributed by atoms with Gasteiger partial charge in [0.05, 0.1) is 17.5 Å². The van der Waals surface area contributed by atoms with Gasteiger partial charge in [-0.1, -0.05) is 29.8 Å². The molecule has 1 spiro atoms. The summed E-state index contributed by atoms with van der Waals surface area (Å²) in [6.07, 6.45) is 1.71. The van der Waals surface area contributed by atoms with Crippen molar-refractivity contribution < 1.29 is 14.4 Å². The molecule has 0 unspecified atom stereocenters. The molecule has 4 aliphatic rings. The van der Waals surface area contributed by atoms with Crippen LogP contribution in [0.4, 0.5) is 11.4 Å². The van der Waals surface area contributed by atoms with Gasteiger partial charge in [0.25, 0.3) is 0 Å². The zero-order valence-electron chi connectivity index (χ0n) is 18.2. The van der Waals surface area contributed by atoms with Crippen molar-refractivity contribution in [3.05, 3.63) is 57.6 Å². The Balaban J connectivity index is 1.58. The van der Waals surface area contributed by atoms with Gasteiger partial charge < -0.3 is 5.32 Å². The molecule has 4 atom stereocenters. The number of imide groups is 1. The molecule has 0 radical (unpaired) electrons. The van der Waals surface area contributed by atoms with Crippen LogP contribution in [0.1, 0.15) is 35.1 Å². The Hall–Kier alpha value is -2.70. The fourth-order valence-electron chi connectivity index (χ4n) is 6.60. The van der Waals surface area contributed by atoms with E-state index in [9.17, 15) is 14.4 Å². The molecule has 6 rings (SSSR count). The molecular weight excluding hydrogens is 426 g/mol. The summed E-state index contributed by atoms with van der Waals surface area (Å²) in [5.74, 6) is -2.00. The first-order valence-corrected chi connectivity index (χ1v) is 11.5. The number of hydrogen-bond acceptors (Lipinski definition) is 4. The quantitative estimate of drug-likeness (QED) is 0.674. The van der Waals surface area contributed by atoms with E-state index < -0.39 is 17.4 Å². The van der Waals surface area contributed by atoms with Crippen LogP contribution in [0.5, 0.6) is 0 Å². The number of amides is 3. The van der Waals surface area contributed by atoms with E-state index in [1.165, 1.54) is 4.90 Å². The number of nitrogens with one attached hydrogen (secondary N) is 1. The largest absolute Gasteiger partial charge is 0.324 e. The van der Waals surface area contributed by atoms with Crippen molar-refractivity contribution in [3.63, 3.8) is 0 Å². The summed E-state index contributed by atoms with van der Waals surface area (Å²) in [5.41, 5.74) is 3.77. The Morgan fingerprint density at radius 2 is 1.81 bits per heavy atom. The number of anilines is 2. The third-order valence-electron chi connectivity index (χ3n) is 8.18. The molecule has 1 N–H and O–H groups in total. The smallest absolute Gasteiger partial charge is 0.250 e. The van der Waals surface area contributed by atoms with Crippen LogP contribution in [0.3, 0.4) is 0 Å². The molecule has 4 aliphatic heterocycles. The Labute approximate surface area is 191 Å². The van der Waals surface area contributed by atoms with E-state index >= 15 is 0 Å². The number of rotatable bonds is 1. The van der Waals surface area contributed by atoms with Gasteiger partial charge in [-0.3, -0.25) is 19.3 Å². The van der Waals surface area contributed by atoms with E-state index in [-0.39, 0.29) is 23.8 Å². The average Bonchev–Trinajstić information content (AvgIpc) is 3.46. The molecule has 3 fully saturated rings. The summed E-state index contributed by atoms with van der Waals surface area (Å²) in [5, 5.41) is 3.60. The number of carbonyl (C=O) groups is 3. The summed E-state index contributed by atoms with van der Waals surface area (Å²) in [4.78, 5) is 45.0. The minimum absolute atomic E-state index is 0.126. The maximum atomic E-state index is 14.0. The fraction of sp³-hybridized carbons (Fsp3) is 0.400. The molecule has 2 aromatic rings. The SMILES string of the molecule is Cc1ccc2c(c1C)NC(=O)[C@@]21[C@H]2C(=O)N(c3cccc(Cl)c3C)C(=O)[C@@H]2[C@H]2CCCN21. The molecule has 0 saturated carbocycles. The van der Waals surface area contributed by atoms with E-state index in [0.717, 1.165) is 35.2 Å². The van der Waals surface area contributed by atoms with E-state index in [1.54, 1.807) is 18.2 Å². The highest BCUT2D eigenvalue weighted by Gasteiger charge is 2.74. The molecule has 0 aromatic heterocycles. The van der Waals surface area contributed by atoms with Gasteiger partial charge in [0.2, 0.25) is 17.7 Å². The highest BCUT2D eigenvalue weighted by atomic mass is 35.5. The predicted octanol–water partition coefficient (Wildman–Crippen LogP) is 3.70. The van der Waals surface area contributed by atoms with Crippen LogP contribution in [0, 0.1) is 32.6 Å². The zero-order chi connectivity index (χ0) is 22.5. The summed E-state index contributed by atoms with van der Waals surface area (Å²) in [6, 6.07) is 9.11. The van der Waals surface area contributed by atoms with E-state index in [0.29, 0.717) is 22.8 Å². The van der Waals surface area contributed by atoms with Crippen LogP contribution in [0.2, 0.25) is 5.02 Å². The minimum atomic E-state index is -1.15. The Bertz CT molecular complexity index is 1240. The van der Waals surface area contributed by atoms with Gasteiger partial charge >= 0.3 is 0 Å². The first kappa shape index (κ1) is 19.9. The van der Waals surface area contributed by atoms with Gasteiger partial charge in [-0.05, 0) is 69.0 Å². The zero-order valence-corrected chi connectivity index (χ0v) is 19.0. The van der Waals surface area contributed by atoms with Crippen LogP contribution in [-0.4, -0.2) is 35.2 Å². The molecular formula is C25H24ClN3O3. The minimum Gasteiger partial charge on any atom is -0.324 e. The van der Waals surface area contributed by atoms with Crippen LogP contribution in [0.15, 0.2) is 30.3 Å². The van der Waals surface area contributed by atoms with Gasteiger partial charge in [-0.25, -0.2) is 4.90 Å². The molecule has 0 aliphatic carbocycles. The predicted molar refractivity (Wildman–Crippen MR) is 122 cm³/mol. The lowest BCUT2D eigenvalue weighted by atomic mass is 9.75. The van der Waals surface area contributed by atoms with Gasteiger partial charge in [-0.2, -0.15) is 0 Å². The maximum Gasteiger partial charge on any atom is 0.250 e. The summed E-state index contributed by atoms with van der Waals surface area (Å²) in [7, 11) is 0. The molecule has 3 saturated heterocycles. The highest BCUT2D eigenvalue weighted by molar-refractivity contribution is 6.32. The molecule has 7 heteroatoms. The summed E-state index contributed by atoms with van der Waals surface area (Å²) >= 11 is 6.32. The average molecular weight is 450 g/mol. The van der Waals surface area contributed by atoms with Crippen LogP contribution >= 0.6 is 11.6 Å². The number of carbonyl (C=O) groups excluding carboxylic acids is 3. The van der Waals surface area contributed by atoms with Crippen molar-refractivity contribution in [2.75, 3.05) is 16.8 Å². The number of benzene rings is 2. The number of aryl methyl sites for hydroxylation is 1. The maximum absolute atomic E-state index is 14.0. The van der Waals surface area contributed by atoms with Crippen molar-refractivity contribution in [1.29, 1.82) is 0 Å². The van der Waals surface area contributed by atoms with Crippen molar-refractivity contribution in [1.82, 2.24) is 4.90 Å². The number of hydrogen-bond donors (Lipinski definition) is 1. The molecule has 0 bridgehead atoms. The van der Waals surface area contributed by atoms with E-state index in [1.807, 2.05) is 32.9 Å². The van der Waals surface area contributed by atoms with Crippen LogP contribution < -0.4 is 10.2 Å². The number of fused-ring (bicyclic) bond motifs is 7.